The first-order chi connectivity index (χ1) is 13.3. The standard InChI is InChI=1S/C20H24N2O6/c23-17-7-4-8-18(24)16(17)12-22(14-20(27)28)10-9-21(13-19(25)26)11-15-5-2-1-3-6-15/h1-8,23-24H,9-14H2,(H,25,26)(H,27,28). The molecule has 8 heteroatoms. The monoisotopic (exact) mass is 388 g/mol. The van der Waals surface area contributed by atoms with Gasteiger partial charge in [-0.25, -0.2) is 0 Å². The summed E-state index contributed by atoms with van der Waals surface area (Å²) in [5.74, 6) is -2.27. The molecule has 0 amide bonds. The van der Waals surface area contributed by atoms with Gasteiger partial charge in [-0.3, -0.25) is 19.4 Å². The molecule has 0 aliphatic heterocycles. The number of rotatable bonds is 11. The molecular formula is C20H24N2O6. The molecular weight excluding hydrogens is 364 g/mol. The number of aromatic hydroxyl groups is 2. The van der Waals surface area contributed by atoms with Gasteiger partial charge in [0.1, 0.15) is 11.5 Å². The fourth-order valence-electron chi connectivity index (χ4n) is 2.88. The van der Waals surface area contributed by atoms with Crippen molar-refractivity contribution in [1.82, 2.24) is 9.80 Å². The lowest BCUT2D eigenvalue weighted by atomic mass is 10.1. The summed E-state index contributed by atoms with van der Waals surface area (Å²) in [5, 5.41) is 38.2. The van der Waals surface area contributed by atoms with Crippen LogP contribution in [0, 0.1) is 0 Å². The molecule has 8 nitrogen and oxygen atoms in total. The summed E-state index contributed by atoms with van der Waals surface area (Å²) in [5.41, 5.74) is 1.18. The number of carboxylic acids is 2. The van der Waals surface area contributed by atoms with E-state index in [1.807, 2.05) is 30.3 Å². The highest BCUT2D eigenvalue weighted by atomic mass is 16.4. The molecule has 0 saturated carbocycles. The molecule has 0 aliphatic carbocycles. The van der Waals surface area contributed by atoms with Gasteiger partial charge in [0.05, 0.1) is 13.1 Å². The molecule has 0 saturated heterocycles. The zero-order chi connectivity index (χ0) is 20.5. The molecule has 0 spiro atoms. The molecule has 0 radical (unpaired) electrons. The van der Waals surface area contributed by atoms with Crippen molar-refractivity contribution in [2.45, 2.75) is 13.1 Å². The summed E-state index contributed by atoms with van der Waals surface area (Å²) >= 11 is 0. The number of phenolic OH excluding ortho intramolecular Hbond substituents is 2. The second-order valence-electron chi connectivity index (χ2n) is 6.47. The van der Waals surface area contributed by atoms with E-state index in [1.165, 1.54) is 23.1 Å². The second-order valence-corrected chi connectivity index (χ2v) is 6.47. The average molecular weight is 388 g/mol. The molecule has 0 aromatic heterocycles. The van der Waals surface area contributed by atoms with E-state index >= 15 is 0 Å². The third-order valence-electron chi connectivity index (χ3n) is 4.21. The highest BCUT2D eigenvalue weighted by Crippen LogP contribution is 2.27. The van der Waals surface area contributed by atoms with Crippen LogP contribution in [0.25, 0.3) is 0 Å². The number of aliphatic carboxylic acids is 2. The van der Waals surface area contributed by atoms with E-state index < -0.39 is 11.9 Å². The topological polar surface area (TPSA) is 122 Å². The number of nitrogens with zero attached hydrogens (tertiary/aromatic N) is 2. The summed E-state index contributed by atoms with van der Waals surface area (Å²) in [6, 6.07) is 13.7. The number of carboxylic acid groups (broad SMARTS) is 2. The first-order valence-corrected chi connectivity index (χ1v) is 8.77. The van der Waals surface area contributed by atoms with Gasteiger partial charge in [-0.15, -0.1) is 0 Å². The van der Waals surface area contributed by atoms with Gasteiger partial charge in [0.2, 0.25) is 0 Å². The molecule has 0 fully saturated rings. The van der Waals surface area contributed by atoms with Crippen molar-refractivity contribution in [2.24, 2.45) is 0 Å². The van der Waals surface area contributed by atoms with Crippen molar-refractivity contribution in [2.75, 3.05) is 26.2 Å². The Morgan fingerprint density at radius 2 is 1.21 bits per heavy atom. The Morgan fingerprint density at radius 3 is 1.71 bits per heavy atom. The van der Waals surface area contributed by atoms with Crippen LogP contribution in [-0.2, 0) is 22.7 Å². The maximum atomic E-state index is 11.2. The third kappa shape index (κ3) is 6.90. The molecule has 28 heavy (non-hydrogen) atoms. The van der Waals surface area contributed by atoms with Crippen molar-refractivity contribution in [1.29, 1.82) is 0 Å². The van der Waals surface area contributed by atoms with E-state index in [-0.39, 0.29) is 43.2 Å². The zero-order valence-electron chi connectivity index (χ0n) is 15.4. The summed E-state index contributed by atoms with van der Waals surface area (Å²) < 4.78 is 0. The molecule has 2 rings (SSSR count). The maximum absolute atomic E-state index is 11.2. The molecule has 2 aromatic rings. The van der Waals surface area contributed by atoms with Gasteiger partial charge >= 0.3 is 11.9 Å². The largest absolute Gasteiger partial charge is 0.507 e. The molecule has 150 valence electrons. The van der Waals surface area contributed by atoms with E-state index in [4.69, 9.17) is 5.11 Å². The SMILES string of the molecule is O=C(O)CN(CCN(CC(=O)O)Cc1c(O)cccc1O)Cc1ccccc1. The van der Waals surface area contributed by atoms with E-state index in [0.29, 0.717) is 13.1 Å². The van der Waals surface area contributed by atoms with E-state index in [2.05, 4.69) is 0 Å². The summed E-state index contributed by atoms with van der Waals surface area (Å²) in [7, 11) is 0. The van der Waals surface area contributed by atoms with Crippen LogP contribution in [0.5, 0.6) is 11.5 Å². The van der Waals surface area contributed by atoms with Gasteiger partial charge in [0.15, 0.2) is 0 Å². The Balaban J connectivity index is 2.08. The molecule has 0 atom stereocenters. The van der Waals surface area contributed by atoms with Crippen molar-refractivity contribution in [3.8, 4) is 11.5 Å². The molecule has 0 aliphatic rings. The van der Waals surface area contributed by atoms with E-state index in [1.54, 1.807) is 4.90 Å². The van der Waals surface area contributed by atoms with Crippen LogP contribution in [0.15, 0.2) is 48.5 Å². The Kier molecular flexibility index (Phi) is 7.79. The van der Waals surface area contributed by atoms with Gasteiger partial charge < -0.3 is 20.4 Å². The number of hydrogen-bond donors (Lipinski definition) is 4. The Hall–Kier alpha value is -3.10. The normalized spacial score (nSPS) is 11.1. The van der Waals surface area contributed by atoms with Crippen LogP contribution in [0.4, 0.5) is 0 Å². The van der Waals surface area contributed by atoms with Crippen LogP contribution in [0.3, 0.4) is 0 Å². The molecule has 4 N–H and O–H groups in total. The second kappa shape index (κ2) is 10.3. The Bertz CT molecular complexity index is 776. The smallest absolute Gasteiger partial charge is 0.317 e. The lowest BCUT2D eigenvalue weighted by Gasteiger charge is -2.26. The summed E-state index contributed by atoms with van der Waals surface area (Å²) in [6.07, 6.45) is 0. The van der Waals surface area contributed by atoms with Crippen molar-refractivity contribution in [3.05, 3.63) is 59.7 Å². The van der Waals surface area contributed by atoms with Crippen LogP contribution < -0.4 is 0 Å². The van der Waals surface area contributed by atoms with Crippen LogP contribution in [0.1, 0.15) is 11.1 Å². The van der Waals surface area contributed by atoms with Crippen molar-refractivity contribution in [3.63, 3.8) is 0 Å². The molecule has 0 unspecified atom stereocenters. The Labute approximate surface area is 162 Å². The number of carbonyl (C=O) groups is 2. The number of benzene rings is 2. The fourth-order valence-corrected chi connectivity index (χ4v) is 2.88. The highest BCUT2D eigenvalue weighted by molar-refractivity contribution is 5.69. The maximum Gasteiger partial charge on any atom is 0.317 e. The average Bonchev–Trinajstić information content (AvgIpc) is 2.62. The molecule has 0 heterocycles. The minimum absolute atomic E-state index is 0.0249. The van der Waals surface area contributed by atoms with Gasteiger partial charge in [0.25, 0.3) is 0 Å². The van der Waals surface area contributed by atoms with Crippen LogP contribution in [-0.4, -0.2) is 68.3 Å². The summed E-state index contributed by atoms with van der Waals surface area (Å²) in [4.78, 5) is 25.6. The fraction of sp³-hybridized carbons (Fsp3) is 0.300. The quantitative estimate of drug-likeness (QED) is 0.458. The lowest BCUT2D eigenvalue weighted by Crippen LogP contribution is -2.39. The van der Waals surface area contributed by atoms with Gasteiger partial charge in [-0.1, -0.05) is 36.4 Å². The van der Waals surface area contributed by atoms with Crippen molar-refractivity contribution < 1.29 is 30.0 Å². The molecule has 0 bridgehead atoms. The number of phenols is 2. The highest BCUT2D eigenvalue weighted by Gasteiger charge is 2.18. The summed E-state index contributed by atoms with van der Waals surface area (Å²) in [6.45, 7) is 0.508. The van der Waals surface area contributed by atoms with Crippen molar-refractivity contribution >= 4 is 11.9 Å². The zero-order valence-corrected chi connectivity index (χ0v) is 15.4. The van der Waals surface area contributed by atoms with E-state index in [9.17, 15) is 24.9 Å². The minimum atomic E-state index is -1.05. The predicted molar refractivity (Wildman–Crippen MR) is 102 cm³/mol. The number of hydrogen-bond acceptors (Lipinski definition) is 6. The first kappa shape index (κ1) is 21.2. The van der Waals surface area contributed by atoms with Crippen LogP contribution in [0.2, 0.25) is 0 Å². The predicted octanol–water partition coefficient (Wildman–Crippen LogP) is 1.57. The first-order valence-electron chi connectivity index (χ1n) is 8.77. The van der Waals surface area contributed by atoms with Crippen LogP contribution >= 0.6 is 0 Å². The molecule has 2 aromatic carbocycles. The van der Waals surface area contributed by atoms with Gasteiger partial charge in [0, 0.05) is 31.7 Å². The van der Waals surface area contributed by atoms with Gasteiger partial charge in [-0.05, 0) is 17.7 Å². The van der Waals surface area contributed by atoms with E-state index in [0.717, 1.165) is 5.56 Å². The van der Waals surface area contributed by atoms with Gasteiger partial charge in [-0.2, -0.15) is 0 Å². The minimum Gasteiger partial charge on any atom is -0.507 e. The third-order valence-corrected chi connectivity index (χ3v) is 4.21. The lowest BCUT2D eigenvalue weighted by molar-refractivity contribution is -0.140. The Morgan fingerprint density at radius 1 is 0.714 bits per heavy atom.